The Morgan fingerprint density at radius 3 is 2.62 bits per heavy atom. The molecular weight excluding hydrogens is 518 g/mol. The van der Waals surface area contributed by atoms with E-state index in [0.717, 1.165) is 10.0 Å². The van der Waals surface area contributed by atoms with Gasteiger partial charge in [0.25, 0.3) is 5.56 Å². The van der Waals surface area contributed by atoms with E-state index in [0.29, 0.717) is 51.8 Å². The van der Waals surface area contributed by atoms with E-state index < -0.39 is 0 Å². The number of aryl methyl sites for hydroxylation is 2. The van der Waals surface area contributed by atoms with Crippen molar-refractivity contribution in [1.29, 1.82) is 0 Å². The van der Waals surface area contributed by atoms with Crippen molar-refractivity contribution in [3.05, 3.63) is 97.0 Å². The molecule has 1 heterocycles. The number of aromatic nitrogens is 2. The van der Waals surface area contributed by atoms with Crippen molar-refractivity contribution in [3.63, 3.8) is 0 Å². The summed E-state index contributed by atoms with van der Waals surface area (Å²) < 4.78 is 13.6. The van der Waals surface area contributed by atoms with Gasteiger partial charge in [-0.1, -0.05) is 64.3 Å². The third-order valence-electron chi connectivity index (χ3n) is 5.27. The minimum Gasteiger partial charge on any atom is -0.493 e. The normalized spacial score (nSPS) is 11.3. The highest BCUT2D eigenvalue weighted by molar-refractivity contribution is 9.10. The Bertz CT molecular complexity index is 1430. The van der Waals surface area contributed by atoms with E-state index in [1.165, 1.54) is 10.2 Å². The van der Waals surface area contributed by atoms with E-state index in [1.54, 1.807) is 31.5 Å². The van der Waals surface area contributed by atoms with Crippen molar-refractivity contribution >= 4 is 44.6 Å². The third kappa shape index (κ3) is 5.16. The van der Waals surface area contributed by atoms with Crippen LogP contribution in [0.15, 0.2) is 69.0 Å². The Morgan fingerprint density at radius 2 is 1.91 bits per heavy atom. The van der Waals surface area contributed by atoms with Crippen molar-refractivity contribution in [2.45, 2.75) is 26.9 Å². The van der Waals surface area contributed by atoms with Crippen LogP contribution in [0.25, 0.3) is 10.9 Å². The highest BCUT2D eigenvalue weighted by atomic mass is 79.9. The zero-order valence-corrected chi connectivity index (χ0v) is 21.4. The first kappa shape index (κ1) is 24.0. The molecule has 0 radical (unpaired) electrons. The number of halogens is 2. The van der Waals surface area contributed by atoms with Crippen LogP contribution in [0.1, 0.15) is 29.4 Å². The molecule has 0 amide bonds. The predicted octanol–water partition coefficient (Wildman–Crippen LogP) is 6.15. The Labute approximate surface area is 210 Å². The lowest BCUT2D eigenvalue weighted by molar-refractivity contribution is 0.284. The van der Waals surface area contributed by atoms with Crippen LogP contribution in [0.5, 0.6) is 11.5 Å². The molecule has 4 aromatic rings. The van der Waals surface area contributed by atoms with Gasteiger partial charge >= 0.3 is 0 Å². The van der Waals surface area contributed by atoms with E-state index >= 15 is 0 Å². The molecule has 1 aromatic heterocycles. The summed E-state index contributed by atoms with van der Waals surface area (Å²) in [6.45, 7) is 4.32. The smallest absolute Gasteiger partial charge is 0.282 e. The number of hydrogen-bond acceptors (Lipinski definition) is 5. The fourth-order valence-electron chi connectivity index (χ4n) is 3.46. The van der Waals surface area contributed by atoms with Crippen molar-refractivity contribution < 1.29 is 9.47 Å². The van der Waals surface area contributed by atoms with Gasteiger partial charge in [-0.25, -0.2) is 4.98 Å². The third-order valence-corrected chi connectivity index (χ3v) is 6.04. The highest BCUT2D eigenvalue weighted by Gasteiger charge is 2.13. The second kappa shape index (κ2) is 10.4. The molecule has 0 N–H and O–H groups in total. The second-order valence-electron chi connectivity index (χ2n) is 7.71. The van der Waals surface area contributed by atoms with Crippen LogP contribution in [0.4, 0.5) is 0 Å². The van der Waals surface area contributed by atoms with Gasteiger partial charge in [0.1, 0.15) is 12.4 Å². The number of fused-ring (bicyclic) bond motifs is 1. The number of hydrogen-bond donors (Lipinski definition) is 0. The lowest BCUT2D eigenvalue weighted by Gasteiger charge is -2.13. The van der Waals surface area contributed by atoms with Crippen LogP contribution in [0, 0.1) is 6.92 Å². The minimum atomic E-state index is -0.240. The molecule has 8 heteroatoms. The number of ether oxygens (including phenoxy) is 2. The molecular formula is C26H23BrClN3O3. The molecule has 0 saturated heterocycles. The number of nitrogens with zero attached hydrogens (tertiary/aromatic N) is 3. The van der Waals surface area contributed by atoms with Crippen LogP contribution in [-0.4, -0.2) is 23.0 Å². The average Bonchev–Trinajstić information content (AvgIpc) is 2.83. The molecule has 0 aliphatic rings. The van der Waals surface area contributed by atoms with Gasteiger partial charge in [-0.2, -0.15) is 9.78 Å². The summed E-state index contributed by atoms with van der Waals surface area (Å²) in [5.41, 5.74) is 3.26. The second-order valence-corrected chi connectivity index (χ2v) is 9.04. The van der Waals surface area contributed by atoms with E-state index in [4.69, 9.17) is 21.1 Å². The molecule has 0 bridgehead atoms. The fraction of sp³-hybridized carbons (Fsp3) is 0.192. The number of rotatable bonds is 7. The first-order valence-electron chi connectivity index (χ1n) is 10.7. The average molecular weight is 541 g/mol. The van der Waals surface area contributed by atoms with Crippen molar-refractivity contribution in [2.24, 2.45) is 5.10 Å². The Morgan fingerprint density at radius 1 is 1.15 bits per heavy atom. The summed E-state index contributed by atoms with van der Waals surface area (Å²) in [5, 5.41) is 5.29. The monoisotopic (exact) mass is 539 g/mol. The molecule has 3 aromatic carbocycles. The molecule has 0 unspecified atom stereocenters. The van der Waals surface area contributed by atoms with Gasteiger partial charge in [0.2, 0.25) is 0 Å². The highest BCUT2D eigenvalue weighted by Crippen LogP contribution is 2.36. The maximum atomic E-state index is 13.1. The van der Waals surface area contributed by atoms with Gasteiger partial charge in [0, 0.05) is 10.9 Å². The molecule has 0 aliphatic carbocycles. The van der Waals surface area contributed by atoms with Gasteiger partial charge in [0.05, 0.1) is 29.2 Å². The molecule has 4 rings (SSSR count). The zero-order valence-electron chi connectivity index (χ0n) is 19.0. The molecule has 0 saturated carbocycles. The molecule has 0 aliphatic heterocycles. The van der Waals surface area contributed by atoms with E-state index in [1.807, 2.05) is 50.2 Å². The van der Waals surface area contributed by atoms with Crippen molar-refractivity contribution in [1.82, 2.24) is 9.66 Å². The van der Waals surface area contributed by atoms with Crippen LogP contribution in [0.3, 0.4) is 0 Å². The van der Waals surface area contributed by atoms with Crippen LogP contribution in [0.2, 0.25) is 5.02 Å². The first-order chi connectivity index (χ1) is 16.4. The Kier molecular flexibility index (Phi) is 7.34. The lowest BCUT2D eigenvalue weighted by atomic mass is 10.1. The van der Waals surface area contributed by atoms with Crippen LogP contribution >= 0.6 is 27.5 Å². The maximum Gasteiger partial charge on any atom is 0.282 e. The van der Waals surface area contributed by atoms with Crippen LogP contribution < -0.4 is 15.0 Å². The Hall–Kier alpha value is -3.16. The first-order valence-corrected chi connectivity index (χ1v) is 11.9. The van der Waals surface area contributed by atoms with E-state index in [2.05, 4.69) is 26.0 Å². The number of methoxy groups -OCH3 is 1. The van der Waals surface area contributed by atoms with Gasteiger partial charge < -0.3 is 9.47 Å². The van der Waals surface area contributed by atoms with Crippen LogP contribution in [-0.2, 0) is 13.0 Å². The summed E-state index contributed by atoms with van der Waals surface area (Å²) in [7, 11) is 1.55. The largest absolute Gasteiger partial charge is 0.493 e. The van der Waals surface area contributed by atoms with E-state index in [9.17, 15) is 4.79 Å². The minimum absolute atomic E-state index is 0.240. The molecule has 174 valence electrons. The summed E-state index contributed by atoms with van der Waals surface area (Å²) in [6.07, 6.45) is 2.11. The summed E-state index contributed by atoms with van der Waals surface area (Å²) >= 11 is 9.93. The SMILES string of the molecule is CCc1nc2ccc(Br)cc2c(=O)n1N=Cc1cc(Cl)c(OCc2ccc(C)cc2)c(OC)c1. The van der Waals surface area contributed by atoms with E-state index in [-0.39, 0.29) is 5.56 Å². The zero-order chi connectivity index (χ0) is 24.2. The van der Waals surface area contributed by atoms with Gasteiger partial charge in [0.15, 0.2) is 11.5 Å². The molecule has 0 spiro atoms. The quantitative estimate of drug-likeness (QED) is 0.264. The topological polar surface area (TPSA) is 65.7 Å². The molecule has 34 heavy (non-hydrogen) atoms. The summed E-state index contributed by atoms with van der Waals surface area (Å²) in [5.74, 6) is 1.49. The molecule has 6 nitrogen and oxygen atoms in total. The number of benzene rings is 3. The van der Waals surface area contributed by atoms with Gasteiger partial charge in [-0.15, -0.1) is 0 Å². The maximum absolute atomic E-state index is 13.1. The Balaban J connectivity index is 1.65. The summed E-state index contributed by atoms with van der Waals surface area (Å²) in [6, 6.07) is 17.0. The molecule has 0 fully saturated rings. The summed E-state index contributed by atoms with van der Waals surface area (Å²) in [4.78, 5) is 17.7. The predicted molar refractivity (Wildman–Crippen MR) is 140 cm³/mol. The van der Waals surface area contributed by atoms with Crippen molar-refractivity contribution in [2.75, 3.05) is 7.11 Å². The lowest BCUT2D eigenvalue weighted by Crippen LogP contribution is -2.22. The van der Waals surface area contributed by atoms with Gasteiger partial charge in [-0.3, -0.25) is 4.79 Å². The molecule has 0 atom stereocenters. The van der Waals surface area contributed by atoms with Gasteiger partial charge in [-0.05, 0) is 48.4 Å². The fourth-order valence-corrected chi connectivity index (χ4v) is 4.10. The standard InChI is InChI=1S/C26H23BrClN3O3/c1-4-24-30-22-10-9-19(27)13-20(22)26(32)31(24)29-14-18-11-21(28)25(23(12-18)33-3)34-15-17-7-5-16(2)6-8-17/h5-14H,4,15H2,1-3H3. The van der Waals surface area contributed by atoms with Crippen molar-refractivity contribution in [3.8, 4) is 11.5 Å².